The van der Waals surface area contributed by atoms with Crippen molar-refractivity contribution in [3.05, 3.63) is 74.9 Å². The highest BCUT2D eigenvalue weighted by Gasteiger charge is 2.23. The zero-order valence-electron chi connectivity index (χ0n) is 19.1. The third kappa shape index (κ3) is 4.10. The van der Waals surface area contributed by atoms with Crippen LogP contribution < -0.4 is 0 Å². The van der Waals surface area contributed by atoms with Crippen molar-refractivity contribution in [1.29, 1.82) is 0 Å². The number of esters is 1. The molecule has 0 saturated heterocycles. The van der Waals surface area contributed by atoms with Crippen LogP contribution in [-0.4, -0.2) is 33.7 Å². The molecule has 6 nitrogen and oxygen atoms in total. The highest BCUT2D eigenvalue weighted by atomic mass is 16.5. The Morgan fingerprint density at radius 3 is 2.23 bits per heavy atom. The number of aromatic amines is 1. The second-order valence-corrected chi connectivity index (χ2v) is 8.07. The zero-order chi connectivity index (χ0) is 23.0. The highest BCUT2D eigenvalue weighted by Crippen LogP contribution is 2.24. The molecule has 3 aromatic rings. The van der Waals surface area contributed by atoms with E-state index >= 15 is 0 Å². The number of nitrogens with one attached hydrogen (secondary N) is 1. The predicted molar refractivity (Wildman–Crippen MR) is 120 cm³/mol. The van der Waals surface area contributed by atoms with Crippen LogP contribution in [0.25, 0.3) is 5.69 Å². The molecule has 162 valence electrons. The summed E-state index contributed by atoms with van der Waals surface area (Å²) in [6.07, 6.45) is 0. The van der Waals surface area contributed by atoms with E-state index in [1.165, 1.54) is 18.1 Å². The van der Waals surface area contributed by atoms with Crippen LogP contribution in [0.4, 0.5) is 0 Å². The van der Waals surface area contributed by atoms with Gasteiger partial charge in [0.1, 0.15) is 5.69 Å². The fourth-order valence-electron chi connectivity index (χ4n) is 4.07. The second-order valence-electron chi connectivity index (χ2n) is 8.07. The topological polar surface area (TPSA) is 81.2 Å². The molecule has 0 aliphatic rings. The smallest absolute Gasteiger partial charge is 0.355 e. The minimum Gasteiger partial charge on any atom is -0.453 e. The summed E-state index contributed by atoms with van der Waals surface area (Å²) < 4.78 is 7.30. The van der Waals surface area contributed by atoms with Crippen molar-refractivity contribution in [2.45, 2.75) is 48.5 Å². The van der Waals surface area contributed by atoms with Crippen molar-refractivity contribution in [2.24, 2.45) is 0 Å². The van der Waals surface area contributed by atoms with E-state index in [1.54, 1.807) is 13.8 Å². The van der Waals surface area contributed by atoms with E-state index in [-0.39, 0.29) is 23.9 Å². The molecule has 0 atom stereocenters. The Labute approximate surface area is 182 Å². The van der Waals surface area contributed by atoms with Crippen LogP contribution in [0.1, 0.15) is 71.9 Å². The molecule has 0 amide bonds. The van der Waals surface area contributed by atoms with Gasteiger partial charge in [0.25, 0.3) is 0 Å². The van der Waals surface area contributed by atoms with Gasteiger partial charge in [0.15, 0.2) is 12.4 Å². The summed E-state index contributed by atoms with van der Waals surface area (Å²) in [6.45, 7) is 12.4. The Kier molecular flexibility index (Phi) is 6.02. The quantitative estimate of drug-likeness (QED) is 0.454. The van der Waals surface area contributed by atoms with Gasteiger partial charge in [-0.05, 0) is 83.4 Å². The first-order valence-electron chi connectivity index (χ1n) is 10.2. The van der Waals surface area contributed by atoms with Crippen molar-refractivity contribution in [2.75, 3.05) is 6.61 Å². The predicted octanol–water partition coefficient (Wildman–Crippen LogP) is 4.90. The number of hydrogen-bond donors (Lipinski definition) is 1. The van der Waals surface area contributed by atoms with Gasteiger partial charge in [-0.2, -0.15) is 0 Å². The minimum absolute atomic E-state index is 0.125. The maximum absolute atomic E-state index is 12.8. The molecule has 0 bridgehead atoms. The second kappa shape index (κ2) is 8.38. The summed E-state index contributed by atoms with van der Waals surface area (Å²) in [5.74, 6) is -1.05. The summed E-state index contributed by atoms with van der Waals surface area (Å²) in [5, 5.41) is 0. The van der Waals surface area contributed by atoms with E-state index in [0.29, 0.717) is 22.4 Å². The van der Waals surface area contributed by atoms with Gasteiger partial charge in [0.2, 0.25) is 5.78 Å². The maximum Gasteiger partial charge on any atom is 0.355 e. The van der Waals surface area contributed by atoms with Crippen molar-refractivity contribution in [3.8, 4) is 5.69 Å². The number of ether oxygens (including phenoxy) is 1. The number of nitrogens with zero attached hydrogens (tertiary/aromatic N) is 1. The van der Waals surface area contributed by atoms with E-state index < -0.39 is 5.97 Å². The first-order chi connectivity index (χ1) is 14.5. The molecule has 0 fully saturated rings. The fourth-order valence-corrected chi connectivity index (χ4v) is 4.07. The summed E-state index contributed by atoms with van der Waals surface area (Å²) in [4.78, 5) is 40.0. The SMILES string of the molecule is CC(=O)c1c(C)[nH]c(C(=O)OCC(=O)c2cc(C)n(-c3ccc(C)c(C)c3)c2C)c1C. The molecule has 0 unspecified atom stereocenters. The molecule has 1 N–H and O–H groups in total. The molecule has 3 rings (SSSR count). The van der Waals surface area contributed by atoms with Gasteiger partial charge in [-0.1, -0.05) is 6.07 Å². The highest BCUT2D eigenvalue weighted by molar-refractivity contribution is 6.03. The largest absolute Gasteiger partial charge is 0.453 e. The van der Waals surface area contributed by atoms with E-state index in [2.05, 4.69) is 31.0 Å². The van der Waals surface area contributed by atoms with Gasteiger partial charge in [0.05, 0.1) is 0 Å². The average molecular weight is 421 g/mol. The van der Waals surface area contributed by atoms with E-state index in [0.717, 1.165) is 17.1 Å². The molecule has 0 saturated carbocycles. The number of carbonyl (C=O) groups is 3. The number of hydrogen-bond acceptors (Lipinski definition) is 4. The Hall–Kier alpha value is -3.41. The molecule has 0 radical (unpaired) electrons. The lowest BCUT2D eigenvalue weighted by atomic mass is 10.1. The normalized spacial score (nSPS) is 10.9. The van der Waals surface area contributed by atoms with Crippen LogP contribution in [0.5, 0.6) is 0 Å². The third-order valence-corrected chi connectivity index (χ3v) is 5.81. The molecule has 2 aromatic heterocycles. The van der Waals surface area contributed by atoms with Crippen LogP contribution in [-0.2, 0) is 4.74 Å². The molecule has 0 spiro atoms. The summed E-state index contributed by atoms with van der Waals surface area (Å²) in [7, 11) is 0. The number of Topliss-reactive ketones (excluding diaryl/α,β-unsaturated/α-hetero) is 2. The van der Waals surface area contributed by atoms with Crippen LogP contribution in [0.15, 0.2) is 24.3 Å². The van der Waals surface area contributed by atoms with Crippen molar-refractivity contribution in [3.63, 3.8) is 0 Å². The van der Waals surface area contributed by atoms with Crippen LogP contribution >= 0.6 is 0 Å². The number of aromatic nitrogens is 2. The minimum atomic E-state index is -0.649. The monoisotopic (exact) mass is 420 g/mol. The molecule has 2 heterocycles. The lowest BCUT2D eigenvalue weighted by Crippen LogP contribution is -2.16. The molecule has 6 heteroatoms. The van der Waals surface area contributed by atoms with Crippen LogP contribution in [0, 0.1) is 41.5 Å². The molecular weight excluding hydrogens is 392 g/mol. The lowest BCUT2D eigenvalue weighted by Gasteiger charge is -2.12. The fraction of sp³-hybridized carbons (Fsp3) is 0.320. The Balaban J connectivity index is 1.80. The maximum atomic E-state index is 12.8. The average Bonchev–Trinajstić information content (AvgIpc) is 3.16. The Morgan fingerprint density at radius 1 is 0.968 bits per heavy atom. The number of ketones is 2. The van der Waals surface area contributed by atoms with Gasteiger partial charge in [0, 0.05) is 33.9 Å². The first-order valence-corrected chi connectivity index (χ1v) is 10.2. The van der Waals surface area contributed by atoms with Crippen LogP contribution in [0.2, 0.25) is 0 Å². The number of H-pyrrole nitrogens is 1. The standard InChI is InChI=1S/C25H28N2O4/c1-13-8-9-20(10-14(13)2)27-15(3)11-21(18(27)6)22(29)12-31-25(30)24-16(4)23(19(7)28)17(5)26-24/h8-11,26H,12H2,1-7H3. The van der Waals surface area contributed by atoms with Gasteiger partial charge >= 0.3 is 5.97 Å². The zero-order valence-corrected chi connectivity index (χ0v) is 19.1. The van der Waals surface area contributed by atoms with E-state index in [4.69, 9.17) is 4.74 Å². The first kappa shape index (κ1) is 22.3. The van der Waals surface area contributed by atoms with E-state index in [9.17, 15) is 14.4 Å². The number of rotatable bonds is 6. The van der Waals surface area contributed by atoms with Crippen molar-refractivity contribution < 1.29 is 19.1 Å². The number of benzene rings is 1. The van der Waals surface area contributed by atoms with Gasteiger partial charge in [-0.3, -0.25) is 9.59 Å². The van der Waals surface area contributed by atoms with Crippen molar-refractivity contribution >= 4 is 17.5 Å². The van der Waals surface area contributed by atoms with Crippen LogP contribution in [0.3, 0.4) is 0 Å². The molecular formula is C25H28N2O4. The number of aryl methyl sites for hydroxylation is 4. The number of carbonyl (C=O) groups excluding carboxylic acids is 3. The third-order valence-electron chi connectivity index (χ3n) is 5.81. The summed E-state index contributed by atoms with van der Waals surface area (Å²) >= 11 is 0. The van der Waals surface area contributed by atoms with Gasteiger partial charge in [-0.25, -0.2) is 4.79 Å². The Morgan fingerprint density at radius 2 is 1.65 bits per heavy atom. The summed E-state index contributed by atoms with van der Waals surface area (Å²) in [5.41, 5.74) is 7.45. The lowest BCUT2D eigenvalue weighted by molar-refractivity contribution is 0.0468. The summed E-state index contributed by atoms with van der Waals surface area (Å²) in [6, 6.07) is 7.99. The Bertz CT molecular complexity index is 1210. The molecule has 31 heavy (non-hydrogen) atoms. The molecule has 0 aliphatic heterocycles. The molecule has 1 aromatic carbocycles. The van der Waals surface area contributed by atoms with Crippen molar-refractivity contribution in [1.82, 2.24) is 9.55 Å². The van der Waals surface area contributed by atoms with Gasteiger partial charge in [-0.15, -0.1) is 0 Å². The van der Waals surface area contributed by atoms with Gasteiger partial charge < -0.3 is 14.3 Å². The molecule has 0 aliphatic carbocycles. The van der Waals surface area contributed by atoms with E-state index in [1.807, 2.05) is 30.5 Å².